The molecule has 2 heterocycles. The van der Waals surface area contributed by atoms with Gasteiger partial charge in [0.25, 0.3) is 5.91 Å². The summed E-state index contributed by atoms with van der Waals surface area (Å²) >= 11 is 1.60. The number of thiophene rings is 1. The van der Waals surface area contributed by atoms with Gasteiger partial charge >= 0.3 is 0 Å². The average Bonchev–Trinajstić information content (AvgIpc) is 3.13. The second-order valence-electron chi connectivity index (χ2n) is 6.37. The Morgan fingerprint density at radius 3 is 2.79 bits per heavy atom. The second-order valence-corrected chi connectivity index (χ2v) is 7.45. The van der Waals surface area contributed by atoms with Crippen LogP contribution in [0.4, 0.5) is 11.4 Å². The zero-order valence-electron chi connectivity index (χ0n) is 14.8. The Balaban J connectivity index is 1.71. The van der Waals surface area contributed by atoms with Crippen LogP contribution in [0.1, 0.15) is 18.4 Å². The molecule has 1 aliphatic rings. The maximum Gasteiger partial charge on any atom is 0.271 e. The van der Waals surface area contributed by atoms with Gasteiger partial charge < -0.3 is 16.5 Å². The normalized spacial score (nSPS) is 13.7. The van der Waals surface area contributed by atoms with Gasteiger partial charge in [-0.25, -0.2) is 5.43 Å². The zero-order chi connectivity index (χ0) is 19.7. The molecule has 2 amide bonds. The number of fused-ring (bicyclic) bond motifs is 1. The Morgan fingerprint density at radius 1 is 1.25 bits per heavy atom. The number of benzene rings is 2. The molecule has 28 heavy (non-hydrogen) atoms. The molecule has 0 saturated heterocycles. The van der Waals surface area contributed by atoms with Gasteiger partial charge in [-0.2, -0.15) is 5.10 Å². The van der Waals surface area contributed by atoms with E-state index < -0.39 is 0 Å². The third-order valence-electron chi connectivity index (χ3n) is 4.48. The number of nitrogen functional groups attached to an aromatic ring is 1. The quantitative estimate of drug-likeness (QED) is 0.403. The first-order valence-corrected chi connectivity index (χ1v) is 9.46. The summed E-state index contributed by atoms with van der Waals surface area (Å²) < 4.78 is 1.13. The number of nitrogens with two attached hydrogens (primary N) is 1. The van der Waals surface area contributed by atoms with Crippen LogP contribution in [0.3, 0.4) is 0 Å². The molecule has 0 unspecified atom stereocenters. The smallest absolute Gasteiger partial charge is 0.271 e. The molecule has 0 radical (unpaired) electrons. The molecule has 2 aromatic carbocycles. The van der Waals surface area contributed by atoms with Gasteiger partial charge in [-0.1, -0.05) is 18.2 Å². The Hall–Kier alpha value is -3.52. The predicted molar refractivity (Wildman–Crippen MR) is 113 cm³/mol. The molecule has 0 aliphatic carbocycles. The van der Waals surface area contributed by atoms with Crippen LogP contribution in [0.2, 0.25) is 0 Å². The Morgan fingerprint density at radius 2 is 2.07 bits per heavy atom. The van der Waals surface area contributed by atoms with Gasteiger partial charge in [0.15, 0.2) is 0 Å². The fraction of sp³-hybridized carbons (Fsp3) is 0.100. The van der Waals surface area contributed by atoms with E-state index in [9.17, 15) is 9.59 Å². The van der Waals surface area contributed by atoms with Crippen LogP contribution in [0.15, 0.2) is 47.6 Å². The topological polar surface area (TPSA) is 120 Å². The molecule has 0 fully saturated rings. The Labute approximate surface area is 164 Å². The molecule has 5 N–H and O–H groups in total. The summed E-state index contributed by atoms with van der Waals surface area (Å²) in [5, 5.41) is 15.4. The van der Waals surface area contributed by atoms with Crippen molar-refractivity contribution in [3.8, 4) is 10.4 Å². The number of rotatable bonds is 4. The van der Waals surface area contributed by atoms with Crippen LogP contribution in [-0.2, 0) is 9.59 Å². The number of anilines is 2. The molecule has 4 rings (SSSR count). The molecule has 0 bridgehead atoms. The van der Waals surface area contributed by atoms with Gasteiger partial charge in [0.1, 0.15) is 5.71 Å². The van der Waals surface area contributed by atoms with Crippen molar-refractivity contribution < 1.29 is 9.59 Å². The highest BCUT2D eigenvalue weighted by Crippen LogP contribution is 2.38. The van der Waals surface area contributed by atoms with Gasteiger partial charge in [-0.05, 0) is 29.7 Å². The molecule has 140 valence electrons. The number of nitrogens with zero attached hydrogens (tertiary/aromatic N) is 1. The molecular formula is C20H17N5O2S. The first kappa shape index (κ1) is 17.9. The first-order valence-electron chi connectivity index (χ1n) is 8.65. The number of amides is 2. The molecule has 7 nitrogen and oxygen atoms in total. The molecule has 3 aromatic rings. The highest BCUT2D eigenvalue weighted by molar-refractivity contribution is 7.22. The third kappa shape index (κ3) is 3.37. The van der Waals surface area contributed by atoms with Crippen molar-refractivity contribution in [3.05, 3.63) is 48.0 Å². The molecule has 8 heteroatoms. The summed E-state index contributed by atoms with van der Waals surface area (Å²) in [6, 6.07) is 13.5. The lowest BCUT2D eigenvalue weighted by Crippen LogP contribution is -2.32. The first-order chi connectivity index (χ1) is 13.5. The van der Waals surface area contributed by atoms with Crippen LogP contribution in [0, 0.1) is 5.41 Å². The van der Waals surface area contributed by atoms with Gasteiger partial charge in [0, 0.05) is 51.1 Å². The van der Waals surface area contributed by atoms with Gasteiger partial charge in [0.05, 0.1) is 0 Å². The van der Waals surface area contributed by atoms with E-state index in [2.05, 4.69) is 15.8 Å². The standard InChI is InChI=1S/C20H17N5O2S/c21-10-12-7-13(23-20(27)15-5-6-18(26)25-24-15)9-14(19(12)22)17-8-11-3-1-2-4-16(11)28-17/h1-4,7-10,21H,5-6,22H2,(H,23,27)(H,25,26). The van der Waals surface area contributed by atoms with E-state index >= 15 is 0 Å². The monoisotopic (exact) mass is 391 g/mol. The van der Waals surface area contributed by atoms with E-state index in [4.69, 9.17) is 11.1 Å². The van der Waals surface area contributed by atoms with Crippen molar-refractivity contribution >= 4 is 56.5 Å². The third-order valence-corrected chi connectivity index (χ3v) is 5.63. The van der Waals surface area contributed by atoms with Crippen LogP contribution in [0.5, 0.6) is 0 Å². The highest BCUT2D eigenvalue weighted by Gasteiger charge is 2.19. The molecule has 0 atom stereocenters. The van der Waals surface area contributed by atoms with Gasteiger partial charge in [-0.3, -0.25) is 9.59 Å². The van der Waals surface area contributed by atoms with Gasteiger partial charge in [0.2, 0.25) is 5.91 Å². The van der Waals surface area contributed by atoms with E-state index in [1.165, 1.54) is 6.21 Å². The van der Waals surface area contributed by atoms with Crippen molar-refractivity contribution in [1.82, 2.24) is 5.43 Å². The molecule has 0 spiro atoms. The lowest BCUT2D eigenvalue weighted by molar-refractivity contribution is -0.121. The SMILES string of the molecule is N=Cc1cc(NC(=O)C2=NNC(=O)CC2)cc(-c2cc3ccccc3s2)c1N. The zero-order valence-corrected chi connectivity index (χ0v) is 15.6. The lowest BCUT2D eigenvalue weighted by atomic mass is 10.0. The number of hydrogen-bond acceptors (Lipinski definition) is 6. The van der Waals surface area contributed by atoms with Crippen molar-refractivity contribution in [2.45, 2.75) is 12.8 Å². The second kappa shape index (κ2) is 7.24. The molecule has 1 aliphatic heterocycles. The summed E-state index contributed by atoms with van der Waals surface area (Å²) in [7, 11) is 0. The van der Waals surface area contributed by atoms with E-state index in [-0.39, 0.29) is 30.4 Å². The maximum absolute atomic E-state index is 12.5. The summed E-state index contributed by atoms with van der Waals surface area (Å²) in [5.41, 5.74) is 11.1. The number of hydrogen-bond donors (Lipinski definition) is 4. The number of carbonyl (C=O) groups excluding carboxylic acids is 2. The summed E-state index contributed by atoms with van der Waals surface area (Å²) in [5.74, 6) is -0.592. The number of nitrogens with one attached hydrogen (secondary N) is 3. The van der Waals surface area contributed by atoms with E-state index in [1.54, 1.807) is 23.5 Å². The van der Waals surface area contributed by atoms with Crippen molar-refractivity contribution in [1.29, 1.82) is 5.41 Å². The van der Waals surface area contributed by atoms with Crippen molar-refractivity contribution in [2.24, 2.45) is 5.10 Å². The van der Waals surface area contributed by atoms with Crippen LogP contribution < -0.4 is 16.5 Å². The number of hydrazone groups is 1. The van der Waals surface area contributed by atoms with Crippen LogP contribution in [-0.4, -0.2) is 23.7 Å². The summed E-state index contributed by atoms with van der Waals surface area (Å²) in [6.45, 7) is 0. The van der Waals surface area contributed by atoms with Gasteiger partial charge in [-0.15, -0.1) is 11.3 Å². The minimum absolute atomic E-state index is 0.206. The summed E-state index contributed by atoms with van der Waals surface area (Å²) in [6.07, 6.45) is 1.68. The lowest BCUT2D eigenvalue weighted by Gasteiger charge is -2.14. The molecular weight excluding hydrogens is 374 g/mol. The largest absolute Gasteiger partial charge is 0.398 e. The van der Waals surface area contributed by atoms with Crippen LogP contribution in [0.25, 0.3) is 20.5 Å². The minimum Gasteiger partial charge on any atom is -0.398 e. The van der Waals surface area contributed by atoms with E-state index in [0.717, 1.165) is 20.5 Å². The fourth-order valence-corrected chi connectivity index (χ4v) is 4.12. The fourth-order valence-electron chi connectivity index (χ4n) is 3.03. The molecule has 1 aromatic heterocycles. The van der Waals surface area contributed by atoms with Crippen LogP contribution >= 0.6 is 11.3 Å². The van der Waals surface area contributed by atoms with Crippen molar-refractivity contribution in [3.63, 3.8) is 0 Å². The predicted octanol–water partition coefficient (Wildman–Crippen LogP) is 3.35. The average molecular weight is 391 g/mol. The Kier molecular flexibility index (Phi) is 4.62. The van der Waals surface area contributed by atoms with Crippen molar-refractivity contribution in [2.75, 3.05) is 11.1 Å². The minimum atomic E-state index is -0.386. The number of carbonyl (C=O) groups is 2. The van der Waals surface area contributed by atoms with E-state index in [1.807, 2.05) is 30.3 Å². The highest BCUT2D eigenvalue weighted by atomic mass is 32.1. The Bertz CT molecular complexity index is 1120. The van der Waals surface area contributed by atoms with E-state index in [0.29, 0.717) is 16.9 Å². The maximum atomic E-state index is 12.5. The molecule has 0 saturated carbocycles. The summed E-state index contributed by atoms with van der Waals surface area (Å²) in [4.78, 5) is 24.6.